The third kappa shape index (κ3) is 5.57. The van der Waals surface area contributed by atoms with Gasteiger partial charge < -0.3 is 14.5 Å². The van der Waals surface area contributed by atoms with Crippen LogP contribution < -0.4 is 0 Å². The number of nitrogens with zero attached hydrogens (tertiary/aromatic N) is 2. The predicted molar refractivity (Wildman–Crippen MR) is 105 cm³/mol. The number of hydrogen-bond acceptors (Lipinski definition) is 4. The Morgan fingerprint density at radius 2 is 1.93 bits per heavy atom. The van der Waals surface area contributed by atoms with E-state index in [9.17, 15) is 14.4 Å². The molecule has 2 amide bonds. The Hall–Kier alpha value is -2.37. The highest BCUT2D eigenvalue weighted by Gasteiger charge is 2.38. The van der Waals surface area contributed by atoms with Crippen molar-refractivity contribution in [1.29, 1.82) is 0 Å². The minimum Gasteiger partial charge on any atom is -0.466 e. The average molecular weight is 386 g/mol. The fraction of sp³-hybridized carbons (Fsp3) is 0.591. The lowest BCUT2D eigenvalue weighted by Crippen LogP contribution is -2.40. The van der Waals surface area contributed by atoms with E-state index in [1.165, 1.54) is 5.56 Å². The van der Waals surface area contributed by atoms with Gasteiger partial charge in [-0.3, -0.25) is 14.4 Å². The number of aryl methyl sites for hydroxylation is 1. The Kier molecular flexibility index (Phi) is 6.70. The first-order valence-corrected chi connectivity index (χ1v) is 10.2. The van der Waals surface area contributed by atoms with E-state index < -0.39 is 0 Å². The first-order chi connectivity index (χ1) is 13.5. The van der Waals surface area contributed by atoms with Crippen LogP contribution in [0.4, 0.5) is 0 Å². The number of benzene rings is 1. The Balaban J connectivity index is 1.58. The van der Waals surface area contributed by atoms with Crippen molar-refractivity contribution in [2.24, 2.45) is 11.8 Å². The topological polar surface area (TPSA) is 66.9 Å². The van der Waals surface area contributed by atoms with Crippen LogP contribution in [0.1, 0.15) is 43.7 Å². The second-order valence-corrected chi connectivity index (χ2v) is 7.94. The highest BCUT2D eigenvalue weighted by Crippen LogP contribution is 2.31. The first-order valence-electron chi connectivity index (χ1n) is 10.2. The van der Waals surface area contributed by atoms with Crippen molar-refractivity contribution in [3.63, 3.8) is 0 Å². The van der Waals surface area contributed by atoms with E-state index in [1.54, 1.807) is 16.7 Å². The molecule has 28 heavy (non-hydrogen) atoms. The highest BCUT2D eigenvalue weighted by atomic mass is 16.5. The Morgan fingerprint density at radius 3 is 2.57 bits per heavy atom. The molecule has 6 heteroatoms. The van der Waals surface area contributed by atoms with Crippen molar-refractivity contribution < 1.29 is 19.1 Å². The molecule has 1 aliphatic carbocycles. The SMILES string of the molecule is CCOC(=O)CCN(CC1CC1)C(=O)C1CC(=O)N(Cc2ccc(C)cc2)C1. The third-order valence-corrected chi connectivity index (χ3v) is 5.44. The second kappa shape index (κ2) is 9.22. The Morgan fingerprint density at radius 1 is 1.21 bits per heavy atom. The molecule has 1 saturated heterocycles. The summed E-state index contributed by atoms with van der Waals surface area (Å²) in [5, 5.41) is 0. The molecule has 0 N–H and O–H groups in total. The minimum atomic E-state index is -0.320. The zero-order chi connectivity index (χ0) is 20.1. The van der Waals surface area contributed by atoms with Crippen molar-refractivity contribution in [1.82, 2.24) is 9.80 Å². The van der Waals surface area contributed by atoms with Gasteiger partial charge in [0.05, 0.1) is 18.9 Å². The van der Waals surface area contributed by atoms with Crippen molar-refractivity contribution in [2.45, 2.75) is 46.1 Å². The van der Waals surface area contributed by atoms with Crippen LogP contribution in [-0.4, -0.2) is 53.8 Å². The third-order valence-electron chi connectivity index (χ3n) is 5.44. The van der Waals surface area contributed by atoms with Crippen LogP contribution in [0, 0.1) is 18.8 Å². The quantitative estimate of drug-likeness (QED) is 0.612. The van der Waals surface area contributed by atoms with E-state index in [4.69, 9.17) is 4.74 Å². The fourth-order valence-electron chi connectivity index (χ4n) is 3.63. The molecule has 1 unspecified atom stereocenters. The van der Waals surface area contributed by atoms with Crippen molar-refractivity contribution in [3.05, 3.63) is 35.4 Å². The lowest BCUT2D eigenvalue weighted by Gasteiger charge is -2.25. The summed E-state index contributed by atoms with van der Waals surface area (Å²) in [5.74, 6) is -0.0444. The van der Waals surface area contributed by atoms with E-state index >= 15 is 0 Å². The highest BCUT2D eigenvalue weighted by molar-refractivity contribution is 5.89. The lowest BCUT2D eigenvalue weighted by atomic mass is 10.1. The summed E-state index contributed by atoms with van der Waals surface area (Å²) in [7, 11) is 0. The Labute approximate surface area is 166 Å². The van der Waals surface area contributed by atoms with Gasteiger partial charge in [-0.05, 0) is 38.2 Å². The lowest BCUT2D eigenvalue weighted by molar-refractivity contribution is -0.144. The Bertz CT molecular complexity index is 712. The number of rotatable bonds is 9. The van der Waals surface area contributed by atoms with Gasteiger partial charge in [0, 0.05) is 32.6 Å². The maximum atomic E-state index is 13.1. The molecule has 0 radical (unpaired) electrons. The van der Waals surface area contributed by atoms with E-state index in [-0.39, 0.29) is 36.5 Å². The van der Waals surface area contributed by atoms with Crippen LogP contribution in [0.2, 0.25) is 0 Å². The maximum absolute atomic E-state index is 13.1. The maximum Gasteiger partial charge on any atom is 0.307 e. The van der Waals surface area contributed by atoms with Crippen molar-refractivity contribution >= 4 is 17.8 Å². The number of amides is 2. The van der Waals surface area contributed by atoms with Gasteiger partial charge >= 0.3 is 5.97 Å². The molecule has 1 saturated carbocycles. The predicted octanol–water partition coefficient (Wildman–Crippen LogP) is 2.54. The normalized spacial score (nSPS) is 19.0. The van der Waals surface area contributed by atoms with Gasteiger partial charge in [-0.25, -0.2) is 0 Å². The van der Waals surface area contributed by atoms with Gasteiger partial charge in [-0.15, -0.1) is 0 Å². The van der Waals surface area contributed by atoms with Gasteiger partial charge in [-0.1, -0.05) is 29.8 Å². The van der Waals surface area contributed by atoms with Gasteiger partial charge in [0.25, 0.3) is 0 Å². The van der Waals surface area contributed by atoms with Crippen molar-refractivity contribution in [3.8, 4) is 0 Å². The van der Waals surface area contributed by atoms with Crippen LogP contribution >= 0.6 is 0 Å². The van der Waals surface area contributed by atoms with E-state index in [2.05, 4.69) is 0 Å². The molecule has 1 aliphatic heterocycles. The monoisotopic (exact) mass is 386 g/mol. The summed E-state index contributed by atoms with van der Waals surface area (Å²) < 4.78 is 4.99. The molecular formula is C22H30N2O4. The van der Waals surface area contributed by atoms with Crippen LogP contribution in [0.25, 0.3) is 0 Å². The first kappa shape index (κ1) is 20.4. The molecule has 1 heterocycles. The van der Waals surface area contributed by atoms with Crippen LogP contribution in [0.3, 0.4) is 0 Å². The zero-order valence-corrected chi connectivity index (χ0v) is 16.9. The summed E-state index contributed by atoms with van der Waals surface area (Å²) in [5.41, 5.74) is 2.26. The molecule has 6 nitrogen and oxygen atoms in total. The number of likely N-dealkylation sites (tertiary alicyclic amines) is 1. The van der Waals surface area contributed by atoms with Gasteiger partial charge in [-0.2, -0.15) is 0 Å². The minimum absolute atomic E-state index is 0.00375. The second-order valence-electron chi connectivity index (χ2n) is 7.94. The fourth-order valence-corrected chi connectivity index (χ4v) is 3.63. The number of carbonyl (C=O) groups excluding carboxylic acids is 3. The molecule has 2 aliphatic rings. The van der Waals surface area contributed by atoms with Gasteiger partial charge in [0.2, 0.25) is 11.8 Å². The molecule has 0 bridgehead atoms. The average Bonchev–Trinajstić information content (AvgIpc) is 3.42. The summed E-state index contributed by atoms with van der Waals surface area (Å²) >= 11 is 0. The molecule has 3 rings (SSSR count). The summed E-state index contributed by atoms with van der Waals surface area (Å²) in [4.78, 5) is 40.8. The van der Waals surface area contributed by atoms with Gasteiger partial charge in [0.15, 0.2) is 0 Å². The number of carbonyl (C=O) groups is 3. The number of esters is 1. The molecule has 2 fully saturated rings. The molecular weight excluding hydrogens is 356 g/mol. The van der Waals surface area contributed by atoms with E-state index in [0.29, 0.717) is 38.7 Å². The summed E-state index contributed by atoms with van der Waals surface area (Å²) in [6, 6.07) is 8.11. The molecule has 0 spiro atoms. The summed E-state index contributed by atoms with van der Waals surface area (Å²) in [6.07, 6.45) is 2.73. The van der Waals surface area contributed by atoms with Crippen LogP contribution in [-0.2, 0) is 25.7 Å². The zero-order valence-electron chi connectivity index (χ0n) is 16.9. The largest absolute Gasteiger partial charge is 0.466 e. The van der Waals surface area contributed by atoms with E-state index in [1.807, 2.05) is 31.2 Å². The van der Waals surface area contributed by atoms with Crippen LogP contribution in [0.5, 0.6) is 0 Å². The summed E-state index contributed by atoms with van der Waals surface area (Å²) in [6.45, 7) is 6.20. The van der Waals surface area contributed by atoms with Crippen molar-refractivity contribution in [2.75, 3.05) is 26.2 Å². The van der Waals surface area contributed by atoms with Gasteiger partial charge in [0.1, 0.15) is 0 Å². The standard InChI is InChI=1S/C22H30N2O4/c1-3-28-21(26)10-11-23(13-18-8-9-18)22(27)19-12-20(25)24(15-19)14-17-6-4-16(2)5-7-17/h4-7,18-19H,3,8-15H2,1-2H3. The number of ether oxygens (including phenoxy) is 1. The molecule has 0 aromatic heterocycles. The number of hydrogen-bond donors (Lipinski definition) is 0. The molecule has 1 atom stereocenters. The molecule has 1 aromatic rings. The molecule has 152 valence electrons. The molecule has 1 aromatic carbocycles. The van der Waals surface area contributed by atoms with Crippen LogP contribution in [0.15, 0.2) is 24.3 Å². The van der Waals surface area contributed by atoms with E-state index in [0.717, 1.165) is 18.4 Å². The smallest absolute Gasteiger partial charge is 0.307 e.